The van der Waals surface area contributed by atoms with E-state index in [9.17, 15) is 4.79 Å². The van der Waals surface area contributed by atoms with Crippen molar-refractivity contribution in [3.63, 3.8) is 0 Å². The number of hydrogen-bond donors (Lipinski definition) is 2. The summed E-state index contributed by atoms with van der Waals surface area (Å²) in [7, 11) is 0. The lowest BCUT2D eigenvalue weighted by atomic mass is 9.98. The highest BCUT2D eigenvalue weighted by atomic mass is 16.1. The third-order valence-corrected chi connectivity index (χ3v) is 4.61. The molecule has 1 amide bonds. The Morgan fingerprint density at radius 1 is 1.04 bits per heavy atom. The molecule has 0 radical (unpaired) electrons. The van der Waals surface area contributed by atoms with E-state index in [0.29, 0.717) is 24.0 Å². The number of para-hydroxylation sites is 1. The predicted molar refractivity (Wildman–Crippen MR) is 114 cm³/mol. The second-order valence-corrected chi connectivity index (χ2v) is 7.28. The molecular formula is C23H26N4O. The van der Waals surface area contributed by atoms with Crippen LogP contribution in [0.3, 0.4) is 0 Å². The fraction of sp³-hybridized carbons (Fsp3) is 0.261. The second kappa shape index (κ2) is 8.65. The van der Waals surface area contributed by atoms with Gasteiger partial charge in [0.25, 0.3) is 5.91 Å². The molecule has 3 aromatic rings. The predicted octanol–water partition coefficient (Wildman–Crippen LogP) is 5.08. The van der Waals surface area contributed by atoms with Gasteiger partial charge in [0, 0.05) is 12.2 Å². The van der Waals surface area contributed by atoms with E-state index in [2.05, 4.69) is 59.6 Å². The van der Waals surface area contributed by atoms with Crippen LogP contribution in [0, 0.1) is 13.8 Å². The Morgan fingerprint density at radius 2 is 1.82 bits per heavy atom. The zero-order chi connectivity index (χ0) is 20.1. The minimum atomic E-state index is -0.256. The minimum Gasteiger partial charge on any atom is -0.365 e. The number of amides is 1. The molecule has 5 nitrogen and oxygen atoms in total. The highest BCUT2D eigenvalue weighted by Crippen LogP contribution is 2.27. The van der Waals surface area contributed by atoms with Crippen molar-refractivity contribution in [3.05, 3.63) is 82.8 Å². The van der Waals surface area contributed by atoms with Crippen LogP contribution < -0.4 is 10.6 Å². The normalized spacial score (nSPS) is 10.8. The van der Waals surface area contributed by atoms with Crippen LogP contribution in [-0.2, 0) is 6.54 Å². The molecule has 0 saturated heterocycles. The van der Waals surface area contributed by atoms with Crippen molar-refractivity contribution in [1.82, 2.24) is 9.97 Å². The van der Waals surface area contributed by atoms with Crippen LogP contribution in [-0.4, -0.2) is 15.9 Å². The van der Waals surface area contributed by atoms with Crippen LogP contribution in [0.1, 0.15) is 52.5 Å². The highest BCUT2D eigenvalue weighted by molar-refractivity contribution is 6.03. The standard InChI is InChI=1S/C23H26N4O/c1-15(2)19-10-6-8-17(4)22(19)27-23(28)20-13-26-21(14-24-20)25-12-18-9-5-7-16(3)11-18/h5-11,13-15H,12H2,1-4H3,(H,25,26)(H,27,28). The maximum Gasteiger partial charge on any atom is 0.275 e. The van der Waals surface area contributed by atoms with E-state index in [0.717, 1.165) is 16.8 Å². The van der Waals surface area contributed by atoms with Gasteiger partial charge in [0.15, 0.2) is 0 Å². The average Bonchev–Trinajstić information content (AvgIpc) is 2.68. The summed E-state index contributed by atoms with van der Waals surface area (Å²) in [4.78, 5) is 21.2. The van der Waals surface area contributed by atoms with Crippen LogP contribution in [0.15, 0.2) is 54.9 Å². The third kappa shape index (κ3) is 4.74. The van der Waals surface area contributed by atoms with Crippen molar-refractivity contribution in [2.45, 2.75) is 40.2 Å². The Morgan fingerprint density at radius 3 is 2.50 bits per heavy atom. The van der Waals surface area contributed by atoms with Crippen LogP contribution in [0.2, 0.25) is 0 Å². The molecule has 0 aliphatic rings. The molecule has 0 aliphatic heterocycles. The molecule has 5 heteroatoms. The summed E-state index contributed by atoms with van der Waals surface area (Å²) in [6, 6.07) is 14.3. The van der Waals surface area contributed by atoms with Gasteiger partial charge in [-0.1, -0.05) is 61.9 Å². The Hall–Kier alpha value is -3.21. The molecule has 0 atom stereocenters. The highest BCUT2D eigenvalue weighted by Gasteiger charge is 2.14. The molecule has 1 aromatic heterocycles. The smallest absolute Gasteiger partial charge is 0.275 e. The van der Waals surface area contributed by atoms with E-state index < -0.39 is 0 Å². The number of nitrogens with zero attached hydrogens (tertiary/aromatic N) is 2. The van der Waals surface area contributed by atoms with Gasteiger partial charge >= 0.3 is 0 Å². The molecule has 2 N–H and O–H groups in total. The molecule has 0 aliphatic carbocycles. The number of nitrogens with one attached hydrogen (secondary N) is 2. The summed E-state index contributed by atoms with van der Waals surface area (Å²) in [6.07, 6.45) is 3.09. The lowest BCUT2D eigenvalue weighted by Gasteiger charge is -2.16. The van der Waals surface area contributed by atoms with Crippen LogP contribution in [0.5, 0.6) is 0 Å². The van der Waals surface area contributed by atoms with Gasteiger partial charge in [-0.3, -0.25) is 4.79 Å². The van der Waals surface area contributed by atoms with E-state index in [1.165, 1.54) is 17.3 Å². The van der Waals surface area contributed by atoms with E-state index in [1.807, 2.05) is 31.2 Å². The zero-order valence-corrected chi connectivity index (χ0v) is 16.8. The molecule has 0 spiro atoms. The molecule has 3 rings (SSSR count). The van der Waals surface area contributed by atoms with Gasteiger partial charge in [-0.25, -0.2) is 9.97 Å². The molecule has 28 heavy (non-hydrogen) atoms. The van der Waals surface area contributed by atoms with Crippen LogP contribution >= 0.6 is 0 Å². The summed E-state index contributed by atoms with van der Waals surface area (Å²) < 4.78 is 0. The number of benzene rings is 2. The lowest BCUT2D eigenvalue weighted by molar-refractivity contribution is 0.102. The number of rotatable bonds is 6. The third-order valence-electron chi connectivity index (χ3n) is 4.61. The van der Waals surface area contributed by atoms with Gasteiger partial charge < -0.3 is 10.6 Å². The van der Waals surface area contributed by atoms with Crippen LogP contribution in [0.25, 0.3) is 0 Å². The summed E-state index contributed by atoms with van der Waals surface area (Å²) >= 11 is 0. The number of carbonyl (C=O) groups is 1. The molecule has 0 unspecified atom stereocenters. The van der Waals surface area contributed by atoms with Crippen LogP contribution in [0.4, 0.5) is 11.5 Å². The number of aryl methyl sites for hydroxylation is 2. The van der Waals surface area contributed by atoms with E-state index >= 15 is 0 Å². The first-order chi connectivity index (χ1) is 13.4. The van der Waals surface area contributed by atoms with Crippen molar-refractivity contribution in [1.29, 1.82) is 0 Å². The molecule has 0 bridgehead atoms. The van der Waals surface area contributed by atoms with E-state index in [4.69, 9.17) is 0 Å². The average molecular weight is 374 g/mol. The Labute approximate surface area is 166 Å². The summed E-state index contributed by atoms with van der Waals surface area (Å²) in [5.74, 6) is 0.695. The zero-order valence-electron chi connectivity index (χ0n) is 16.8. The molecule has 0 saturated carbocycles. The van der Waals surface area contributed by atoms with Crippen molar-refractivity contribution < 1.29 is 4.79 Å². The Bertz CT molecular complexity index is 965. The number of carbonyl (C=O) groups excluding carboxylic acids is 1. The topological polar surface area (TPSA) is 66.9 Å². The summed E-state index contributed by atoms with van der Waals surface area (Å²) in [6.45, 7) is 8.93. The van der Waals surface area contributed by atoms with E-state index in [-0.39, 0.29) is 5.91 Å². The first kappa shape index (κ1) is 19.5. The quantitative estimate of drug-likeness (QED) is 0.631. The van der Waals surface area contributed by atoms with Crippen molar-refractivity contribution in [2.75, 3.05) is 10.6 Å². The summed E-state index contributed by atoms with van der Waals surface area (Å²) in [5.41, 5.74) is 5.67. The van der Waals surface area contributed by atoms with Crippen molar-refractivity contribution >= 4 is 17.4 Å². The van der Waals surface area contributed by atoms with Crippen molar-refractivity contribution in [3.8, 4) is 0 Å². The molecule has 0 fully saturated rings. The summed E-state index contributed by atoms with van der Waals surface area (Å²) in [5, 5.41) is 6.23. The molecule has 144 valence electrons. The fourth-order valence-corrected chi connectivity index (χ4v) is 3.07. The molecule has 1 heterocycles. The Kier molecular flexibility index (Phi) is 6.04. The van der Waals surface area contributed by atoms with Gasteiger partial charge in [-0.05, 0) is 36.5 Å². The van der Waals surface area contributed by atoms with Gasteiger partial charge in [-0.2, -0.15) is 0 Å². The maximum atomic E-state index is 12.6. The number of aromatic nitrogens is 2. The molecule has 2 aromatic carbocycles. The fourth-order valence-electron chi connectivity index (χ4n) is 3.07. The van der Waals surface area contributed by atoms with Crippen molar-refractivity contribution in [2.24, 2.45) is 0 Å². The monoisotopic (exact) mass is 374 g/mol. The number of hydrogen-bond acceptors (Lipinski definition) is 4. The van der Waals surface area contributed by atoms with Gasteiger partial charge in [0.1, 0.15) is 11.5 Å². The van der Waals surface area contributed by atoms with Gasteiger partial charge in [0.2, 0.25) is 0 Å². The minimum absolute atomic E-state index is 0.256. The van der Waals surface area contributed by atoms with Gasteiger partial charge in [-0.15, -0.1) is 0 Å². The maximum absolute atomic E-state index is 12.6. The SMILES string of the molecule is Cc1cccc(CNc2cnc(C(=O)Nc3c(C)cccc3C(C)C)cn2)c1. The number of anilines is 2. The first-order valence-corrected chi connectivity index (χ1v) is 9.46. The van der Waals surface area contributed by atoms with Gasteiger partial charge in [0.05, 0.1) is 12.4 Å². The largest absolute Gasteiger partial charge is 0.365 e. The molecular weight excluding hydrogens is 348 g/mol. The lowest BCUT2D eigenvalue weighted by Crippen LogP contribution is -2.17. The van der Waals surface area contributed by atoms with E-state index in [1.54, 1.807) is 6.20 Å². The Balaban J connectivity index is 1.67. The first-order valence-electron chi connectivity index (χ1n) is 9.46. The second-order valence-electron chi connectivity index (χ2n) is 7.28.